The second-order valence-corrected chi connectivity index (χ2v) is 5.52. The number of aromatic nitrogens is 1. The fraction of sp³-hybridized carbons (Fsp3) is 0.133. The largest absolute Gasteiger partial charge is 1.00 e. The van der Waals surface area contributed by atoms with E-state index in [-0.39, 0.29) is 51.4 Å². The molecule has 2 aromatic carbocycles. The van der Waals surface area contributed by atoms with Crippen LogP contribution in [-0.4, -0.2) is 4.98 Å². The third kappa shape index (κ3) is 2.93. The van der Waals surface area contributed by atoms with E-state index < -0.39 is 0 Å². The van der Waals surface area contributed by atoms with Crippen molar-refractivity contribution in [2.45, 2.75) is 13.8 Å². The minimum atomic E-state index is 0. The van der Waals surface area contributed by atoms with E-state index in [9.17, 15) is 0 Å². The predicted molar refractivity (Wildman–Crippen MR) is 80.0 cm³/mol. The second kappa shape index (κ2) is 6.55. The topological polar surface area (TPSA) is 47.5 Å². The molecule has 0 atom stereocenters. The first-order chi connectivity index (χ1) is 9.19. The number of nitrogens with zero attached hydrogens (tertiary/aromatic N) is 3. The minimum absolute atomic E-state index is 0. The van der Waals surface area contributed by atoms with E-state index in [1.165, 1.54) is 15.8 Å². The summed E-state index contributed by atoms with van der Waals surface area (Å²) >= 11 is 1.70. The van der Waals surface area contributed by atoms with Crippen molar-refractivity contribution in [1.82, 2.24) is 4.98 Å². The van der Waals surface area contributed by atoms with Crippen molar-refractivity contribution in [3.05, 3.63) is 53.1 Å². The monoisotopic (exact) mass is 305 g/mol. The van der Waals surface area contributed by atoms with Crippen molar-refractivity contribution < 1.29 is 51.4 Å². The predicted octanol–water partition coefficient (Wildman–Crippen LogP) is 2.24. The van der Waals surface area contributed by atoms with Crippen LogP contribution in [0, 0.1) is 13.8 Å². The van der Waals surface area contributed by atoms with Crippen molar-refractivity contribution >= 4 is 27.2 Å². The molecule has 0 spiro atoms. The van der Waals surface area contributed by atoms with Crippen LogP contribution in [0.3, 0.4) is 0 Å². The molecule has 20 heavy (non-hydrogen) atoms. The molecule has 0 saturated heterocycles. The number of aryl methyl sites for hydroxylation is 2. The Hall–Kier alpha value is -0.434. The molecule has 3 nitrogen and oxygen atoms in total. The van der Waals surface area contributed by atoms with Gasteiger partial charge in [0.25, 0.3) is 0 Å². The average Bonchev–Trinajstić information content (AvgIpc) is 2.88. The number of rotatable bonds is 2. The van der Waals surface area contributed by atoms with Crippen LogP contribution in [0.2, 0.25) is 0 Å². The van der Waals surface area contributed by atoms with Crippen LogP contribution in [0.15, 0.2) is 41.5 Å². The molecule has 0 bridgehead atoms. The summed E-state index contributed by atoms with van der Waals surface area (Å²) in [7, 11) is 0. The summed E-state index contributed by atoms with van der Waals surface area (Å²) in [5.74, 6) is 0. The molecule has 0 amide bonds. The Labute approximate surface area is 164 Å². The molecule has 1 aromatic heterocycles. The molecule has 0 radical (unpaired) electrons. The summed E-state index contributed by atoms with van der Waals surface area (Å²) in [5.41, 5.74) is 13.9. The molecule has 0 unspecified atom stereocenters. The van der Waals surface area contributed by atoms with Gasteiger partial charge in [0.2, 0.25) is 0 Å². The van der Waals surface area contributed by atoms with E-state index in [4.69, 9.17) is 5.53 Å². The first-order valence-corrected chi connectivity index (χ1v) is 6.83. The fourth-order valence-electron chi connectivity index (χ4n) is 2.02. The molecule has 0 fully saturated rings. The smallest absolute Gasteiger partial charge is 0.706 e. The molecule has 0 saturated carbocycles. The van der Waals surface area contributed by atoms with E-state index >= 15 is 0 Å². The zero-order valence-electron chi connectivity index (χ0n) is 11.7. The molecule has 1 heterocycles. The number of fused-ring (bicyclic) bond motifs is 1. The third-order valence-corrected chi connectivity index (χ3v) is 4.55. The summed E-state index contributed by atoms with van der Waals surface area (Å²) in [6.07, 6.45) is 0. The molecule has 3 aromatic rings. The average molecular weight is 305 g/mol. The number of thiazole rings is 1. The Kier molecular flexibility index (Phi) is 5.23. The van der Waals surface area contributed by atoms with E-state index in [2.05, 4.69) is 36.1 Å². The van der Waals surface area contributed by atoms with Crippen LogP contribution in [-0.2, 0) is 0 Å². The van der Waals surface area contributed by atoms with Gasteiger partial charge in [-0.1, -0.05) is 6.07 Å². The first kappa shape index (κ1) is 15.9. The Morgan fingerprint density at radius 1 is 1.05 bits per heavy atom. The second-order valence-electron chi connectivity index (χ2n) is 4.52. The van der Waals surface area contributed by atoms with Gasteiger partial charge in [-0.05, 0) is 55.3 Å². The Bertz CT molecular complexity index is 763. The van der Waals surface area contributed by atoms with Crippen LogP contribution >= 0.6 is 11.3 Å². The van der Waals surface area contributed by atoms with E-state index in [0.29, 0.717) is 5.69 Å². The fourth-order valence-corrected chi connectivity index (χ4v) is 3.14. The maximum absolute atomic E-state index is 8.69. The molecule has 3 rings (SSSR count). The standard InChI is InChI=1S/C15H12N3S.K/c1-9-3-8-13-14(10(9)2)19-15(17-13)11-4-6-12(18-16)7-5-11;/h3-8H,1-2H3;/q-1;+1. The van der Waals surface area contributed by atoms with Crippen molar-refractivity contribution in [2.75, 3.05) is 0 Å². The van der Waals surface area contributed by atoms with E-state index in [1.54, 1.807) is 23.5 Å². The van der Waals surface area contributed by atoms with Gasteiger partial charge >= 0.3 is 51.4 Å². The molecular formula is C15H12KN3S. The zero-order valence-corrected chi connectivity index (χ0v) is 15.7. The number of hydrogen-bond acceptors (Lipinski definition) is 3. The van der Waals surface area contributed by atoms with Gasteiger partial charge in [-0.15, -0.1) is 11.3 Å². The Morgan fingerprint density at radius 3 is 2.40 bits per heavy atom. The molecule has 5 heteroatoms. The summed E-state index contributed by atoms with van der Waals surface area (Å²) in [4.78, 5) is 4.67. The van der Waals surface area contributed by atoms with Crippen LogP contribution in [0.1, 0.15) is 11.1 Å². The van der Waals surface area contributed by atoms with Crippen molar-refractivity contribution in [2.24, 2.45) is 5.11 Å². The Morgan fingerprint density at radius 2 is 1.75 bits per heavy atom. The molecule has 94 valence electrons. The van der Waals surface area contributed by atoms with Crippen LogP contribution in [0.4, 0.5) is 5.69 Å². The van der Waals surface area contributed by atoms with Crippen LogP contribution < -0.4 is 51.4 Å². The summed E-state index contributed by atoms with van der Waals surface area (Å²) in [6.45, 7) is 4.25. The maximum Gasteiger partial charge on any atom is 1.00 e. The third-order valence-electron chi connectivity index (χ3n) is 3.31. The quantitative estimate of drug-likeness (QED) is 0.529. The summed E-state index contributed by atoms with van der Waals surface area (Å²) < 4.78 is 1.24. The van der Waals surface area contributed by atoms with Gasteiger partial charge in [0, 0.05) is 11.3 Å². The summed E-state index contributed by atoms with van der Waals surface area (Å²) in [6, 6.07) is 11.6. The maximum atomic E-state index is 8.69. The van der Waals surface area contributed by atoms with Gasteiger partial charge in [-0.25, -0.2) is 4.98 Å². The van der Waals surface area contributed by atoms with Crippen molar-refractivity contribution in [3.63, 3.8) is 0 Å². The van der Waals surface area contributed by atoms with Gasteiger partial charge in [0.05, 0.1) is 10.2 Å². The van der Waals surface area contributed by atoms with Crippen molar-refractivity contribution in [3.8, 4) is 10.6 Å². The van der Waals surface area contributed by atoms with Gasteiger partial charge in [0.15, 0.2) is 0 Å². The molecule has 0 N–H and O–H groups in total. The van der Waals surface area contributed by atoms with E-state index in [0.717, 1.165) is 16.1 Å². The van der Waals surface area contributed by atoms with Crippen LogP contribution in [0.5, 0.6) is 0 Å². The molecule has 0 aliphatic carbocycles. The van der Waals surface area contributed by atoms with E-state index in [1.807, 2.05) is 12.1 Å². The molecule has 0 aliphatic heterocycles. The van der Waals surface area contributed by atoms with Gasteiger partial charge in [-0.3, -0.25) is 0 Å². The number of hydrogen-bond donors (Lipinski definition) is 0. The minimum Gasteiger partial charge on any atom is -0.706 e. The van der Waals surface area contributed by atoms with Gasteiger partial charge in [0.1, 0.15) is 5.01 Å². The Balaban J connectivity index is 0.00000147. The zero-order chi connectivity index (χ0) is 13.4. The molecule has 0 aliphatic rings. The van der Waals surface area contributed by atoms with Crippen LogP contribution in [0.25, 0.3) is 26.3 Å². The summed E-state index contributed by atoms with van der Waals surface area (Å²) in [5, 5.41) is 4.15. The molecular weight excluding hydrogens is 293 g/mol. The normalized spacial score (nSPS) is 10.3. The van der Waals surface area contributed by atoms with Gasteiger partial charge in [-0.2, -0.15) is 0 Å². The van der Waals surface area contributed by atoms with Crippen molar-refractivity contribution in [1.29, 1.82) is 0 Å². The van der Waals surface area contributed by atoms with Gasteiger partial charge < -0.3 is 10.6 Å². The SMILES string of the molecule is Cc1ccc2nc(-c3ccc(N=[N-])cc3)sc2c1C.[K+]. The number of benzene rings is 2. The first-order valence-electron chi connectivity index (χ1n) is 6.01.